The molecule has 0 radical (unpaired) electrons. The van der Waals surface area contributed by atoms with Crippen LogP contribution in [0.3, 0.4) is 0 Å². The van der Waals surface area contributed by atoms with Crippen LogP contribution < -0.4 is 4.90 Å². The number of rotatable bonds is 5. The van der Waals surface area contributed by atoms with E-state index >= 15 is 0 Å². The summed E-state index contributed by atoms with van der Waals surface area (Å²) in [6.45, 7) is 0. The van der Waals surface area contributed by atoms with Crippen molar-refractivity contribution in [2.45, 2.75) is 0 Å². The van der Waals surface area contributed by atoms with Gasteiger partial charge in [-0.05, 0) is 95.7 Å². The van der Waals surface area contributed by atoms with Crippen LogP contribution in [0.15, 0.2) is 188 Å². The molecule has 0 saturated heterocycles. The highest BCUT2D eigenvalue weighted by atomic mass is 15.1. The fraction of sp³-hybridized carbons (Fsp3) is 0. The maximum Gasteiger partial charge on any atom is 0.0548 e. The normalized spacial score (nSPS) is 11.7. The zero-order chi connectivity index (χ0) is 32.3. The second-order valence-electron chi connectivity index (χ2n) is 12.6. The molecule has 0 bridgehead atoms. The summed E-state index contributed by atoms with van der Waals surface area (Å²) in [5, 5.41) is 7.46. The van der Waals surface area contributed by atoms with Gasteiger partial charge in [0.05, 0.1) is 22.1 Å². The predicted molar refractivity (Wildman–Crippen MR) is 207 cm³/mol. The van der Waals surface area contributed by atoms with Crippen LogP contribution in [0.1, 0.15) is 0 Å². The summed E-state index contributed by atoms with van der Waals surface area (Å²) < 4.78 is 4.82. The Balaban J connectivity index is 1.17. The molecule has 0 N–H and O–H groups in total. The largest absolute Gasteiger partial charge is 0.310 e. The van der Waals surface area contributed by atoms with E-state index in [1.54, 1.807) is 0 Å². The van der Waals surface area contributed by atoms with Gasteiger partial charge in [-0.1, -0.05) is 103 Å². The zero-order valence-corrected chi connectivity index (χ0v) is 26.7. The molecule has 0 amide bonds. The van der Waals surface area contributed by atoms with Crippen molar-refractivity contribution in [1.29, 1.82) is 0 Å². The smallest absolute Gasteiger partial charge is 0.0548 e. The van der Waals surface area contributed by atoms with Crippen molar-refractivity contribution in [3.63, 3.8) is 0 Å². The molecule has 8 aromatic carbocycles. The third-order valence-electron chi connectivity index (χ3n) is 9.85. The second kappa shape index (κ2) is 11.0. The maximum absolute atomic E-state index is 2.42. The first-order valence-corrected chi connectivity index (χ1v) is 16.8. The van der Waals surface area contributed by atoms with Crippen LogP contribution >= 0.6 is 0 Å². The van der Waals surface area contributed by atoms with Crippen LogP contribution in [-0.4, -0.2) is 9.13 Å². The molecule has 2 aromatic heterocycles. The van der Waals surface area contributed by atoms with E-state index in [2.05, 4.69) is 202 Å². The van der Waals surface area contributed by atoms with Crippen LogP contribution in [0.5, 0.6) is 0 Å². The Bertz CT molecular complexity index is 2810. The maximum atomic E-state index is 2.42. The second-order valence-corrected chi connectivity index (χ2v) is 12.6. The number of nitrogens with zero attached hydrogens (tertiary/aromatic N) is 3. The van der Waals surface area contributed by atoms with Crippen molar-refractivity contribution in [2.24, 2.45) is 0 Å². The first kappa shape index (κ1) is 27.5. The Kier molecular flexibility index (Phi) is 6.18. The predicted octanol–water partition coefficient (Wildman–Crippen LogP) is 12.5. The Hall–Kier alpha value is -6.58. The van der Waals surface area contributed by atoms with Crippen molar-refractivity contribution in [1.82, 2.24) is 9.13 Å². The van der Waals surface area contributed by atoms with E-state index < -0.39 is 0 Å². The minimum absolute atomic E-state index is 1.11. The average Bonchev–Trinajstić information content (AvgIpc) is 3.67. The lowest BCUT2D eigenvalue weighted by atomic mass is 10.1. The molecule has 0 aliphatic rings. The number of aromatic nitrogens is 2. The number of benzene rings is 8. The molecule has 10 rings (SSSR count). The molecule has 3 nitrogen and oxygen atoms in total. The summed E-state index contributed by atoms with van der Waals surface area (Å²) in [6, 6.07) is 67.9. The molecule has 0 aliphatic heterocycles. The van der Waals surface area contributed by atoms with Gasteiger partial charge in [-0.15, -0.1) is 0 Å². The summed E-state index contributed by atoms with van der Waals surface area (Å²) in [6.07, 6.45) is 0. The summed E-state index contributed by atoms with van der Waals surface area (Å²) >= 11 is 0. The molecule has 0 atom stereocenters. The summed E-state index contributed by atoms with van der Waals surface area (Å²) in [7, 11) is 0. The first-order chi connectivity index (χ1) is 24.3. The van der Waals surface area contributed by atoms with Gasteiger partial charge in [0.15, 0.2) is 0 Å². The van der Waals surface area contributed by atoms with Crippen LogP contribution in [-0.2, 0) is 0 Å². The van der Waals surface area contributed by atoms with Gasteiger partial charge < -0.3 is 14.0 Å². The minimum Gasteiger partial charge on any atom is -0.310 e. The van der Waals surface area contributed by atoms with Crippen LogP contribution in [0, 0.1) is 0 Å². The summed E-state index contributed by atoms with van der Waals surface area (Å²) in [5.74, 6) is 0. The standard InChI is InChI=1S/C46H31N3/c1-3-15-34(16-4-1)47(38-24-23-32-13-7-8-14-33(32)29-38)36-25-27-37(28-26-36)49-44-22-12-10-20-40(44)42-30-45-41(31-46(42)49)39-19-9-11-21-43(39)48(45)35-17-5-2-6-18-35/h1-31H. The zero-order valence-electron chi connectivity index (χ0n) is 26.7. The van der Waals surface area contributed by atoms with Crippen LogP contribution in [0.4, 0.5) is 17.1 Å². The Morgan fingerprint density at radius 2 is 0.755 bits per heavy atom. The van der Waals surface area contributed by atoms with Crippen LogP contribution in [0.2, 0.25) is 0 Å². The van der Waals surface area contributed by atoms with E-state index in [4.69, 9.17) is 0 Å². The molecular formula is C46H31N3. The number of fused-ring (bicyclic) bond motifs is 7. The molecule has 0 aliphatic carbocycles. The SMILES string of the molecule is c1ccc(N(c2ccc(-n3c4ccccc4c4cc5c(cc43)c3ccccc3n5-c3ccccc3)cc2)c2ccc3ccccc3c2)cc1. The van der Waals surface area contributed by atoms with E-state index in [1.807, 2.05) is 0 Å². The van der Waals surface area contributed by atoms with Gasteiger partial charge in [-0.3, -0.25) is 0 Å². The Morgan fingerprint density at radius 1 is 0.286 bits per heavy atom. The lowest BCUT2D eigenvalue weighted by Crippen LogP contribution is -2.10. The molecule has 49 heavy (non-hydrogen) atoms. The fourth-order valence-electron chi connectivity index (χ4n) is 7.65. The van der Waals surface area contributed by atoms with Gasteiger partial charge >= 0.3 is 0 Å². The third kappa shape index (κ3) is 4.37. The lowest BCUT2D eigenvalue weighted by molar-refractivity contribution is 1.17. The van der Waals surface area contributed by atoms with Gasteiger partial charge in [-0.2, -0.15) is 0 Å². The average molecular weight is 626 g/mol. The number of anilines is 3. The Labute approximate surface area is 284 Å². The first-order valence-electron chi connectivity index (χ1n) is 16.8. The topological polar surface area (TPSA) is 13.1 Å². The van der Waals surface area contributed by atoms with Crippen molar-refractivity contribution < 1.29 is 0 Å². The lowest BCUT2D eigenvalue weighted by Gasteiger charge is -2.26. The molecule has 3 heteroatoms. The minimum atomic E-state index is 1.11. The van der Waals surface area contributed by atoms with Gasteiger partial charge in [0.25, 0.3) is 0 Å². The van der Waals surface area contributed by atoms with Gasteiger partial charge in [-0.25, -0.2) is 0 Å². The molecule has 2 heterocycles. The highest BCUT2D eigenvalue weighted by Crippen LogP contribution is 2.41. The quantitative estimate of drug-likeness (QED) is 0.185. The molecule has 0 fully saturated rings. The molecule has 10 aromatic rings. The summed E-state index contributed by atoms with van der Waals surface area (Å²) in [4.78, 5) is 2.34. The number of hydrogen-bond donors (Lipinski definition) is 0. The van der Waals surface area contributed by atoms with Gasteiger partial charge in [0.2, 0.25) is 0 Å². The highest BCUT2D eigenvalue weighted by molar-refractivity contribution is 6.19. The van der Waals surface area contributed by atoms with Crippen molar-refractivity contribution in [2.75, 3.05) is 4.90 Å². The van der Waals surface area contributed by atoms with E-state index in [9.17, 15) is 0 Å². The van der Waals surface area contributed by atoms with Crippen LogP contribution in [0.25, 0.3) is 65.8 Å². The molecule has 230 valence electrons. The van der Waals surface area contributed by atoms with Gasteiger partial charge in [0.1, 0.15) is 0 Å². The monoisotopic (exact) mass is 625 g/mol. The third-order valence-corrected chi connectivity index (χ3v) is 9.85. The van der Waals surface area contributed by atoms with E-state index in [0.717, 1.165) is 22.7 Å². The fourth-order valence-corrected chi connectivity index (χ4v) is 7.65. The van der Waals surface area contributed by atoms with Crippen molar-refractivity contribution in [3.05, 3.63) is 188 Å². The highest BCUT2D eigenvalue weighted by Gasteiger charge is 2.19. The van der Waals surface area contributed by atoms with E-state index in [-0.39, 0.29) is 0 Å². The molecular weight excluding hydrogens is 595 g/mol. The molecule has 0 saturated carbocycles. The van der Waals surface area contributed by atoms with E-state index in [0.29, 0.717) is 0 Å². The molecule has 0 unspecified atom stereocenters. The Morgan fingerprint density at radius 3 is 1.39 bits per heavy atom. The van der Waals surface area contributed by atoms with Crippen molar-refractivity contribution in [3.8, 4) is 11.4 Å². The summed E-state index contributed by atoms with van der Waals surface area (Å²) in [5.41, 5.74) is 10.5. The van der Waals surface area contributed by atoms with Gasteiger partial charge in [0, 0.05) is 50.0 Å². The van der Waals surface area contributed by atoms with E-state index in [1.165, 1.54) is 60.1 Å². The number of hydrogen-bond acceptors (Lipinski definition) is 1. The molecule has 0 spiro atoms. The number of para-hydroxylation sites is 4. The van der Waals surface area contributed by atoms with Crippen molar-refractivity contribution >= 4 is 71.4 Å².